The summed E-state index contributed by atoms with van der Waals surface area (Å²) in [6, 6.07) is 4.77. The normalized spacial score (nSPS) is 10.7. The summed E-state index contributed by atoms with van der Waals surface area (Å²) < 4.78 is 7.25. The molecule has 10 nitrogen and oxygen atoms in total. The summed E-state index contributed by atoms with van der Waals surface area (Å²) in [5.41, 5.74) is -0.773. The number of aromatic nitrogens is 3. The molecule has 0 saturated carbocycles. The maximum absolute atomic E-state index is 12.2. The second-order valence-electron chi connectivity index (χ2n) is 5.84. The molecule has 2 N–H and O–H groups in total. The number of hydrogen-bond donors (Lipinski definition) is 2. The van der Waals surface area contributed by atoms with Gasteiger partial charge in [-0.3, -0.25) is 23.5 Å². The van der Waals surface area contributed by atoms with Gasteiger partial charge in [0.1, 0.15) is 11.4 Å². The van der Waals surface area contributed by atoms with Crippen molar-refractivity contribution in [1.82, 2.24) is 24.8 Å². The Balaban J connectivity index is 1.71. The minimum Gasteiger partial charge on any atom is -0.467 e. The quantitative estimate of drug-likeness (QED) is 0.609. The number of carbonyl (C=O) groups is 2. The van der Waals surface area contributed by atoms with Gasteiger partial charge in [0.25, 0.3) is 11.5 Å². The van der Waals surface area contributed by atoms with E-state index in [1.165, 1.54) is 37.2 Å². The van der Waals surface area contributed by atoms with E-state index in [0.717, 1.165) is 4.57 Å². The van der Waals surface area contributed by atoms with Crippen LogP contribution >= 0.6 is 0 Å². The Kier molecular flexibility index (Phi) is 4.88. The molecule has 3 aromatic heterocycles. The SMILES string of the molecule is Cn1c(=O)c2cc(C(=O)NCC(=O)NCc3ccco3)cnc2n(C)c1=O. The van der Waals surface area contributed by atoms with E-state index in [4.69, 9.17) is 4.42 Å². The third-order valence-electron chi connectivity index (χ3n) is 4.00. The fourth-order valence-electron chi connectivity index (χ4n) is 2.51. The Bertz CT molecular complexity index is 1130. The van der Waals surface area contributed by atoms with E-state index in [9.17, 15) is 19.2 Å². The summed E-state index contributed by atoms with van der Waals surface area (Å²) in [6.07, 6.45) is 2.74. The standard InChI is InChI=1S/C17H17N5O5/c1-21-14-12(16(25)22(2)17(21)26)6-10(7-19-14)15(24)20-9-13(23)18-8-11-4-3-5-27-11/h3-7H,8-9H2,1-2H3,(H,18,23)(H,20,24). The summed E-state index contributed by atoms with van der Waals surface area (Å²) in [7, 11) is 2.83. The van der Waals surface area contributed by atoms with Crippen LogP contribution in [0.4, 0.5) is 0 Å². The Hall–Kier alpha value is -3.69. The Morgan fingerprint density at radius 2 is 1.96 bits per heavy atom. The summed E-state index contributed by atoms with van der Waals surface area (Å²) in [6.45, 7) is -0.0355. The van der Waals surface area contributed by atoms with Gasteiger partial charge < -0.3 is 15.1 Å². The first-order chi connectivity index (χ1) is 12.9. The van der Waals surface area contributed by atoms with Crippen molar-refractivity contribution in [3.05, 3.63) is 62.8 Å². The average Bonchev–Trinajstić information content (AvgIpc) is 3.20. The molecule has 0 aliphatic carbocycles. The van der Waals surface area contributed by atoms with E-state index in [0.29, 0.717) is 5.76 Å². The molecule has 0 atom stereocenters. The number of fused-ring (bicyclic) bond motifs is 1. The molecule has 0 saturated heterocycles. The molecule has 0 spiro atoms. The molecular formula is C17H17N5O5. The molecule has 0 unspecified atom stereocenters. The van der Waals surface area contributed by atoms with Crippen molar-refractivity contribution >= 4 is 22.8 Å². The second-order valence-corrected chi connectivity index (χ2v) is 5.84. The number of aryl methyl sites for hydroxylation is 1. The van der Waals surface area contributed by atoms with E-state index >= 15 is 0 Å². The lowest BCUT2D eigenvalue weighted by atomic mass is 10.2. The lowest BCUT2D eigenvalue weighted by molar-refractivity contribution is -0.120. The molecule has 0 bridgehead atoms. The Labute approximate surface area is 152 Å². The van der Waals surface area contributed by atoms with E-state index in [-0.39, 0.29) is 29.7 Å². The van der Waals surface area contributed by atoms with Gasteiger partial charge in [0, 0.05) is 20.3 Å². The Morgan fingerprint density at radius 3 is 2.67 bits per heavy atom. The van der Waals surface area contributed by atoms with Crippen molar-refractivity contribution < 1.29 is 14.0 Å². The predicted octanol–water partition coefficient (Wildman–Crippen LogP) is -0.729. The predicted molar refractivity (Wildman–Crippen MR) is 95.1 cm³/mol. The zero-order chi connectivity index (χ0) is 19.6. The molecule has 3 rings (SSSR count). The lowest BCUT2D eigenvalue weighted by Crippen LogP contribution is -2.38. The van der Waals surface area contributed by atoms with E-state index in [1.54, 1.807) is 12.1 Å². The fourth-order valence-corrected chi connectivity index (χ4v) is 2.51. The molecule has 3 aromatic rings. The van der Waals surface area contributed by atoms with Gasteiger partial charge in [-0.15, -0.1) is 0 Å². The first-order valence-electron chi connectivity index (χ1n) is 8.01. The molecule has 140 valence electrons. The van der Waals surface area contributed by atoms with Gasteiger partial charge in [0.2, 0.25) is 5.91 Å². The van der Waals surface area contributed by atoms with Crippen molar-refractivity contribution in [2.24, 2.45) is 14.1 Å². The van der Waals surface area contributed by atoms with Gasteiger partial charge in [-0.2, -0.15) is 0 Å². The number of hydrogen-bond acceptors (Lipinski definition) is 6. The van der Waals surface area contributed by atoms with Crippen molar-refractivity contribution in [1.29, 1.82) is 0 Å². The van der Waals surface area contributed by atoms with Gasteiger partial charge in [0.05, 0.1) is 30.3 Å². The number of carbonyl (C=O) groups excluding carboxylic acids is 2. The lowest BCUT2D eigenvalue weighted by Gasteiger charge is -2.09. The molecule has 27 heavy (non-hydrogen) atoms. The molecule has 0 radical (unpaired) electrons. The monoisotopic (exact) mass is 371 g/mol. The van der Waals surface area contributed by atoms with Crippen LogP contribution in [0.5, 0.6) is 0 Å². The largest absolute Gasteiger partial charge is 0.467 e. The molecular weight excluding hydrogens is 354 g/mol. The van der Waals surface area contributed by atoms with Crippen LogP contribution in [-0.2, 0) is 25.4 Å². The van der Waals surface area contributed by atoms with Gasteiger partial charge in [-0.1, -0.05) is 0 Å². The highest BCUT2D eigenvalue weighted by Gasteiger charge is 2.14. The van der Waals surface area contributed by atoms with E-state index < -0.39 is 23.1 Å². The van der Waals surface area contributed by atoms with E-state index in [2.05, 4.69) is 15.6 Å². The van der Waals surface area contributed by atoms with Crippen molar-refractivity contribution in [2.75, 3.05) is 6.54 Å². The average molecular weight is 371 g/mol. The molecule has 0 aliphatic rings. The molecule has 10 heteroatoms. The highest BCUT2D eigenvalue weighted by molar-refractivity contribution is 5.98. The Morgan fingerprint density at radius 1 is 1.19 bits per heavy atom. The molecule has 0 fully saturated rings. The summed E-state index contributed by atoms with van der Waals surface area (Å²) >= 11 is 0. The number of pyridine rings is 1. The zero-order valence-electron chi connectivity index (χ0n) is 14.7. The number of nitrogens with one attached hydrogen (secondary N) is 2. The van der Waals surface area contributed by atoms with Crippen molar-refractivity contribution in [3.8, 4) is 0 Å². The van der Waals surface area contributed by atoms with Crippen LogP contribution in [0.15, 0.2) is 44.7 Å². The van der Waals surface area contributed by atoms with Crippen LogP contribution in [0.3, 0.4) is 0 Å². The van der Waals surface area contributed by atoms with Crippen LogP contribution in [0.2, 0.25) is 0 Å². The number of amides is 2. The molecule has 2 amide bonds. The third-order valence-corrected chi connectivity index (χ3v) is 4.00. The summed E-state index contributed by atoms with van der Waals surface area (Å²) in [4.78, 5) is 52.2. The fraction of sp³-hybridized carbons (Fsp3) is 0.235. The minimum atomic E-state index is -0.562. The molecule has 0 aromatic carbocycles. The first-order valence-corrected chi connectivity index (χ1v) is 8.01. The zero-order valence-corrected chi connectivity index (χ0v) is 14.7. The van der Waals surface area contributed by atoms with Crippen LogP contribution in [-0.4, -0.2) is 32.5 Å². The van der Waals surface area contributed by atoms with E-state index in [1.807, 2.05) is 0 Å². The number of nitrogens with zero attached hydrogens (tertiary/aromatic N) is 3. The van der Waals surface area contributed by atoms with Gasteiger partial charge in [-0.25, -0.2) is 9.78 Å². The number of furan rings is 1. The topological polar surface area (TPSA) is 128 Å². The smallest absolute Gasteiger partial charge is 0.332 e. The van der Waals surface area contributed by atoms with Crippen LogP contribution < -0.4 is 21.9 Å². The first kappa shape index (κ1) is 18.1. The summed E-state index contributed by atoms with van der Waals surface area (Å²) in [5.74, 6) is -0.366. The maximum atomic E-state index is 12.2. The minimum absolute atomic E-state index is 0.108. The van der Waals surface area contributed by atoms with Crippen LogP contribution in [0.25, 0.3) is 11.0 Å². The van der Waals surface area contributed by atoms with Crippen molar-refractivity contribution in [2.45, 2.75) is 6.54 Å². The van der Waals surface area contributed by atoms with Crippen LogP contribution in [0, 0.1) is 0 Å². The summed E-state index contributed by atoms with van der Waals surface area (Å²) in [5, 5.41) is 5.19. The number of rotatable bonds is 5. The highest BCUT2D eigenvalue weighted by atomic mass is 16.3. The molecule has 3 heterocycles. The van der Waals surface area contributed by atoms with Gasteiger partial charge >= 0.3 is 5.69 Å². The second kappa shape index (κ2) is 7.28. The van der Waals surface area contributed by atoms with Crippen LogP contribution in [0.1, 0.15) is 16.1 Å². The molecule has 0 aliphatic heterocycles. The van der Waals surface area contributed by atoms with Gasteiger partial charge in [-0.05, 0) is 18.2 Å². The van der Waals surface area contributed by atoms with Gasteiger partial charge in [0.15, 0.2) is 0 Å². The van der Waals surface area contributed by atoms with Crippen molar-refractivity contribution in [3.63, 3.8) is 0 Å². The third kappa shape index (κ3) is 3.64. The maximum Gasteiger partial charge on any atom is 0.332 e. The highest BCUT2D eigenvalue weighted by Crippen LogP contribution is 2.07.